The maximum Gasteiger partial charge on any atom is 0.513 e. The number of rotatable bonds is 31. The molecular weight excluding hydrogens is 1010 g/mol. The molecule has 77 heavy (non-hydrogen) atoms. The van der Waals surface area contributed by atoms with E-state index >= 15 is 0 Å². The topological polar surface area (TPSA) is 409 Å². The minimum atomic E-state index is -0.910. The first-order valence-electron chi connectivity index (χ1n) is 25.7. The van der Waals surface area contributed by atoms with E-state index < -0.39 is 22.0 Å². The van der Waals surface area contributed by atoms with Crippen LogP contribution in [0.4, 0.5) is 16.2 Å². The van der Waals surface area contributed by atoms with E-state index in [1.807, 2.05) is 0 Å². The molecule has 11 N–H and O–H groups in total. The van der Waals surface area contributed by atoms with Crippen LogP contribution in [0.1, 0.15) is 122 Å². The van der Waals surface area contributed by atoms with Crippen LogP contribution in [0.5, 0.6) is 11.5 Å². The number of aliphatic hydroxyl groups is 7. The molecular formula is C52H87N7O18. The van der Waals surface area contributed by atoms with E-state index in [-0.39, 0.29) is 81.6 Å². The Labute approximate surface area is 453 Å². The first-order chi connectivity index (χ1) is 37.3. The van der Waals surface area contributed by atoms with Crippen LogP contribution in [0.2, 0.25) is 0 Å². The van der Waals surface area contributed by atoms with Crippen LogP contribution in [-0.2, 0) is 19.0 Å². The van der Waals surface area contributed by atoms with Crippen LogP contribution in [0, 0.1) is 44.4 Å². The largest absolute Gasteiger partial charge is 0.513 e. The summed E-state index contributed by atoms with van der Waals surface area (Å²) in [5.41, 5.74) is 18.0. The van der Waals surface area contributed by atoms with Gasteiger partial charge in [-0.3, -0.25) is 25.0 Å². The van der Waals surface area contributed by atoms with E-state index in [1.165, 1.54) is 67.8 Å². The smallest absolute Gasteiger partial charge is 0.434 e. The molecule has 1 atom stereocenters. The maximum atomic E-state index is 11.1. The molecule has 25 heteroatoms. The fourth-order valence-corrected chi connectivity index (χ4v) is 5.12. The highest BCUT2D eigenvalue weighted by Crippen LogP contribution is 2.19. The second-order valence-corrected chi connectivity index (χ2v) is 15.6. The molecule has 0 aromatic heterocycles. The Hall–Kier alpha value is -6.03. The molecule has 1 unspecified atom stereocenters. The van der Waals surface area contributed by atoms with Crippen molar-refractivity contribution in [2.24, 2.45) is 16.6 Å². The van der Waals surface area contributed by atoms with Gasteiger partial charge in [0.15, 0.2) is 0 Å². The van der Waals surface area contributed by atoms with Crippen LogP contribution in [-0.4, -0.2) is 156 Å². The lowest BCUT2D eigenvalue weighted by Gasteiger charge is -2.13. The predicted octanol–water partition coefficient (Wildman–Crippen LogP) is 6.18. The zero-order valence-corrected chi connectivity index (χ0v) is 44.6. The van der Waals surface area contributed by atoms with E-state index in [0.717, 1.165) is 90.2 Å². The van der Waals surface area contributed by atoms with Crippen molar-refractivity contribution in [3.8, 4) is 35.7 Å². The normalized spacial score (nSPS) is 11.6. The average molecular weight is 1100 g/mol. The Morgan fingerprint density at radius 1 is 0.662 bits per heavy atom. The zero-order chi connectivity index (χ0) is 58.3. The number of nitrogens with zero attached hydrogens (tertiary/aromatic N) is 5. The molecule has 0 heterocycles. The quantitative estimate of drug-likeness (QED) is 0.00389. The van der Waals surface area contributed by atoms with Gasteiger partial charge in [-0.25, -0.2) is 4.79 Å². The first kappa shape index (κ1) is 77.5. The SMILES string of the molecule is C#CCCCO.NCCCCCO.NCCOCCO.O=C(CCCO)Oc1ccc([N+](=O)[O-])cc1.O=C(OCCCO)Oc1ccc([N+](=O)[O-])cc1.OCCCCOC1C#CCCCCC1.[N-]=[N+]=NCCCCCCO. The number of non-ortho nitro benzene ring substituents is 2. The highest BCUT2D eigenvalue weighted by molar-refractivity contribution is 5.72. The van der Waals surface area contributed by atoms with Crippen molar-refractivity contribution in [2.75, 3.05) is 92.3 Å². The van der Waals surface area contributed by atoms with Gasteiger partial charge in [0.1, 0.15) is 17.6 Å². The Balaban J connectivity index is -0.000000418. The van der Waals surface area contributed by atoms with Gasteiger partial charge in [-0.1, -0.05) is 30.3 Å². The number of nitro benzene ring substituents is 2. The molecule has 0 saturated carbocycles. The lowest BCUT2D eigenvalue weighted by atomic mass is 10.1. The van der Waals surface area contributed by atoms with Crippen LogP contribution in [0.25, 0.3) is 10.4 Å². The fourth-order valence-electron chi connectivity index (χ4n) is 5.12. The van der Waals surface area contributed by atoms with Crippen LogP contribution in [0.15, 0.2) is 53.6 Å². The van der Waals surface area contributed by atoms with Crippen molar-refractivity contribution < 1.29 is 78.9 Å². The van der Waals surface area contributed by atoms with Crippen LogP contribution < -0.4 is 20.9 Å². The second kappa shape index (κ2) is 64.3. The van der Waals surface area contributed by atoms with Crippen molar-refractivity contribution in [3.63, 3.8) is 0 Å². The van der Waals surface area contributed by atoms with Gasteiger partial charge in [0.2, 0.25) is 0 Å². The number of carbonyl (C=O) groups is 2. The van der Waals surface area contributed by atoms with Crippen LogP contribution in [0.3, 0.4) is 0 Å². The number of aliphatic hydroxyl groups excluding tert-OH is 7. The molecule has 0 radical (unpaired) electrons. The summed E-state index contributed by atoms with van der Waals surface area (Å²) >= 11 is 0. The molecule has 3 rings (SSSR count). The number of nitrogens with two attached hydrogens (primary N) is 2. The lowest BCUT2D eigenvalue weighted by molar-refractivity contribution is -0.385. The van der Waals surface area contributed by atoms with E-state index in [2.05, 4.69) is 32.5 Å². The number of benzene rings is 2. The van der Waals surface area contributed by atoms with Gasteiger partial charge < -0.3 is 70.9 Å². The fraction of sp³-hybridized carbons (Fsp3) is 0.654. The summed E-state index contributed by atoms with van der Waals surface area (Å²) in [6.45, 7) is 4.58. The molecule has 0 spiro atoms. The number of terminal acetylenes is 1. The molecule has 0 bridgehead atoms. The highest BCUT2D eigenvalue weighted by atomic mass is 16.7. The van der Waals surface area contributed by atoms with E-state index in [9.17, 15) is 29.8 Å². The van der Waals surface area contributed by atoms with Gasteiger partial charge in [-0.15, -0.1) is 18.3 Å². The maximum absolute atomic E-state index is 11.1. The van der Waals surface area contributed by atoms with Crippen molar-refractivity contribution in [3.05, 3.63) is 79.2 Å². The molecule has 0 aliphatic heterocycles. The standard InChI is InChI=1S/C12H20O2.C10H11NO6.C10H11NO5.C6H13N3O.C5H13NO.C5H8O.C4H11NO2/c13-10-6-7-11-14-12-8-4-2-1-3-5-9-12;12-6-1-7-16-10(13)17-9-4-2-8(3-5-9)11(14)15;12-7-1-2-10(13)16-9-5-3-8(4-6-9)11(14)15;7-9-8-5-3-1-2-4-6-10;6-4-2-1-3-5-7;1-2-3-4-5-6;5-1-3-7-4-2-6/h12-13H,1-4,6-8,10-11H2;2-5,12H,1,6-7H2;3-6,12H,1-2,7H2;10H,1-6H2;7H,1-6H2;1,6H,3-5H2;6H,1-5H2. The highest BCUT2D eigenvalue weighted by Gasteiger charge is 2.10. The summed E-state index contributed by atoms with van der Waals surface area (Å²) in [5.74, 6) is 8.67. The van der Waals surface area contributed by atoms with E-state index in [0.29, 0.717) is 52.2 Å². The van der Waals surface area contributed by atoms with Crippen molar-refractivity contribution in [2.45, 2.75) is 128 Å². The number of ether oxygens (including phenoxy) is 5. The molecule has 2 aromatic rings. The van der Waals surface area contributed by atoms with E-state index in [4.69, 9.17) is 78.1 Å². The number of hydrogen-bond acceptors (Lipinski definition) is 21. The summed E-state index contributed by atoms with van der Waals surface area (Å²) in [5, 5.41) is 82.5. The lowest BCUT2D eigenvalue weighted by Crippen LogP contribution is -2.12. The van der Waals surface area contributed by atoms with Crippen molar-refractivity contribution >= 4 is 23.5 Å². The summed E-state index contributed by atoms with van der Waals surface area (Å²) in [7, 11) is 0. The minimum absolute atomic E-state index is 0.0579. The summed E-state index contributed by atoms with van der Waals surface area (Å²) < 4.78 is 24.6. The number of azide groups is 1. The number of carbonyl (C=O) groups excluding carboxylic acids is 2. The Kier molecular flexibility index (Phi) is 64.7. The molecule has 438 valence electrons. The third-order valence-corrected chi connectivity index (χ3v) is 9.06. The van der Waals surface area contributed by atoms with Crippen molar-refractivity contribution in [1.82, 2.24) is 0 Å². The van der Waals surface area contributed by atoms with Gasteiger partial charge in [0.05, 0.1) is 36.3 Å². The van der Waals surface area contributed by atoms with Gasteiger partial charge in [0, 0.05) is 114 Å². The zero-order valence-electron chi connectivity index (χ0n) is 44.6. The second-order valence-electron chi connectivity index (χ2n) is 15.6. The first-order valence-corrected chi connectivity index (χ1v) is 25.7. The minimum Gasteiger partial charge on any atom is -0.434 e. The Morgan fingerprint density at radius 2 is 1.21 bits per heavy atom. The molecule has 2 aromatic carbocycles. The number of nitro groups is 2. The number of unbranched alkanes of at least 4 members (excludes halogenated alkanes) is 7. The third-order valence-electron chi connectivity index (χ3n) is 9.06. The number of hydrogen-bond donors (Lipinski definition) is 9. The number of esters is 1. The van der Waals surface area contributed by atoms with Gasteiger partial charge in [-0.2, -0.15) is 0 Å². The molecule has 25 nitrogen and oxygen atoms in total. The van der Waals surface area contributed by atoms with Crippen molar-refractivity contribution in [1.29, 1.82) is 0 Å². The van der Waals surface area contributed by atoms with Gasteiger partial charge in [0.25, 0.3) is 11.4 Å². The molecule has 0 saturated heterocycles. The molecule has 1 aliphatic rings. The summed E-state index contributed by atoms with van der Waals surface area (Å²) in [6, 6.07) is 10.3. The molecule has 0 amide bonds. The summed E-state index contributed by atoms with van der Waals surface area (Å²) in [4.78, 5) is 44.4. The predicted molar refractivity (Wildman–Crippen MR) is 290 cm³/mol. The van der Waals surface area contributed by atoms with Gasteiger partial charge in [-0.05, 0) is 113 Å². The monoisotopic (exact) mass is 1100 g/mol. The summed E-state index contributed by atoms with van der Waals surface area (Å²) in [6.07, 6.45) is 20.8. The average Bonchev–Trinajstić information content (AvgIpc) is 3.42. The molecule has 1 aliphatic carbocycles. The van der Waals surface area contributed by atoms with Crippen LogP contribution >= 0.6 is 0 Å². The Morgan fingerprint density at radius 3 is 1.70 bits per heavy atom. The third kappa shape index (κ3) is 60.7. The van der Waals surface area contributed by atoms with E-state index in [1.54, 1.807) is 0 Å². The molecule has 0 fully saturated rings. The van der Waals surface area contributed by atoms with Gasteiger partial charge >= 0.3 is 12.1 Å². The Bertz CT molecular complexity index is 1810.